The fourth-order valence-corrected chi connectivity index (χ4v) is 4.23. The summed E-state index contributed by atoms with van der Waals surface area (Å²) in [5, 5.41) is 8.27. The first-order valence-corrected chi connectivity index (χ1v) is 8.44. The summed E-state index contributed by atoms with van der Waals surface area (Å²) in [4.78, 5) is 3.04. The van der Waals surface area contributed by atoms with Gasteiger partial charge in [-0.2, -0.15) is 5.10 Å². The highest BCUT2D eigenvalue weighted by molar-refractivity contribution is 7.12. The number of hydrogen-bond acceptors (Lipinski definition) is 3. The van der Waals surface area contributed by atoms with Crippen molar-refractivity contribution in [3.8, 4) is 0 Å². The Morgan fingerprint density at radius 2 is 2.25 bits per heavy atom. The van der Waals surface area contributed by atoms with Crippen molar-refractivity contribution in [3.63, 3.8) is 0 Å². The number of nitrogens with zero attached hydrogens (tertiary/aromatic N) is 2. The van der Waals surface area contributed by atoms with Crippen molar-refractivity contribution < 1.29 is 0 Å². The predicted octanol–water partition coefficient (Wildman–Crippen LogP) is 3.45. The molecule has 0 aromatic carbocycles. The Kier molecular flexibility index (Phi) is 4.22. The molecule has 0 fully saturated rings. The molecular weight excluding hydrogens is 266 g/mol. The fraction of sp³-hybridized carbons (Fsp3) is 0.562. The summed E-state index contributed by atoms with van der Waals surface area (Å²) in [5.74, 6) is 0. The van der Waals surface area contributed by atoms with E-state index in [1.807, 2.05) is 29.3 Å². The van der Waals surface area contributed by atoms with Gasteiger partial charge in [-0.05, 0) is 56.3 Å². The zero-order chi connectivity index (χ0) is 13.9. The molecule has 0 amide bonds. The molecule has 108 valence electrons. The number of thiophene rings is 1. The van der Waals surface area contributed by atoms with Crippen LogP contribution in [-0.4, -0.2) is 16.3 Å². The molecule has 2 aromatic heterocycles. The maximum atomic E-state index is 4.61. The van der Waals surface area contributed by atoms with Crippen molar-refractivity contribution in [1.29, 1.82) is 0 Å². The van der Waals surface area contributed by atoms with Gasteiger partial charge in [-0.3, -0.25) is 4.68 Å². The van der Waals surface area contributed by atoms with Crippen LogP contribution in [0.1, 0.15) is 53.2 Å². The van der Waals surface area contributed by atoms with Gasteiger partial charge in [0.2, 0.25) is 0 Å². The average molecular weight is 289 g/mol. The normalized spacial score (nSPS) is 16.1. The summed E-state index contributed by atoms with van der Waals surface area (Å²) in [6, 6.07) is 4.81. The second-order valence-corrected chi connectivity index (χ2v) is 6.77. The van der Waals surface area contributed by atoms with Crippen molar-refractivity contribution in [2.75, 3.05) is 6.54 Å². The summed E-state index contributed by atoms with van der Waals surface area (Å²) >= 11 is 1.99. The van der Waals surface area contributed by atoms with Gasteiger partial charge in [-0.25, -0.2) is 0 Å². The third-order valence-corrected chi connectivity index (χ3v) is 5.23. The van der Waals surface area contributed by atoms with E-state index in [1.54, 1.807) is 10.4 Å². The Hall–Kier alpha value is -1.13. The van der Waals surface area contributed by atoms with Crippen LogP contribution < -0.4 is 5.32 Å². The van der Waals surface area contributed by atoms with Crippen LogP contribution in [0.5, 0.6) is 0 Å². The van der Waals surface area contributed by atoms with Gasteiger partial charge in [-0.15, -0.1) is 11.3 Å². The third kappa shape index (κ3) is 2.81. The number of aromatic nitrogens is 2. The minimum Gasteiger partial charge on any atom is -0.304 e. The second-order valence-electron chi connectivity index (χ2n) is 5.61. The molecule has 0 saturated heterocycles. The lowest BCUT2D eigenvalue weighted by atomic mass is 9.98. The van der Waals surface area contributed by atoms with Gasteiger partial charge < -0.3 is 5.32 Å². The molecule has 1 N–H and O–H groups in total. The molecule has 4 heteroatoms. The van der Waals surface area contributed by atoms with Gasteiger partial charge in [0.25, 0.3) is 0 Å². The molecule has 20 heavy (non-hydrogen) atoms. The lowest BCUT2D eigenvalue weighted by Gasteiger charge is -2.14. The lowest BCUT2D eigenvalue weighted by Crippen LogP contribution is -2.23. The average Bonchev–Trinajstić information content (AvgIpc) is 3.05. The van der Waals surface area contributed by atoms with Crippen molar-refractivity contribution in [1.82, 2.24) is 15.1 Å². The SMILES string of the molecule is CCCNC(c1ccn(C)n1)c1cc2c(s1)CCCC2. The van der Waals surface area contributed by atoms with E-state index in [0.29, 0.717) is 0 Å². The van der Waals surface area contributed by atoms with E-state index in [9.17, 15) is 0 Å². The monoisotopic (exact) mass is 289 g/mol. The largest absolute Gasteiger partial charge is 0.304 e. The van der Waals surface area contributed by atoms with Gasteiger partial charge in [0.05, 0.1) is 11.7 Å². The van der Waals surface area contributed by atoms with Crippen molar-refractivity contribution in [3.05, 3.63) is 39.3 Å². The minimum atomic E-state index is 0.256. The quantitative estimate of drug-likeness (QED) is 0.913. The Morgan fingerprint density at radius 3 is 2.95 bits per heavy atom. The topological polar surface area (TPSA) is 29.9 Å². The number of fused-ring (bicyclic) bond motifs is 1. The van der Waals surface area contributed by atoms with Crippen molar-refractivity contribution in [2.45, 2.75) is 45.1 Å². The summed E-state index contributed by atoms with van der Waals surface area (Å²) in [7, 11) is 1.99. The number of aryl methyl sites for hydroxylation is 3. The van der Waals surface area contributed by atoms with E-state index < -0.39 is 0 Å². The molecule has 2 aromatic rings. The third-order valence-electron chi connectivity index (χ3n) is 3.93. The first-order valence-electron chi connectivity index (χ1n) is 7.62. The Balaban J connectivity index is 1.90. The molecule has 0 aliphatic heterocycles. The summed E-state index contributed by atoms with van der Waals surface area (Å²) in [5.41, 5.74) is 2.72. The fourth-order valence-electron chi connectivity index (χ4n) is 2.88. The number of hydrogen-bond donors (Lipinski definition) is 1. The maximum absolute atomic E-state index is 4.61. The van der Waals surface area contributed by atoms with Gasteiger partial charge in [0.1, 0.15) is 0 Å². The maximum Gasteiger partial charge on any atom is 0.0863 e. The molecular formula is C16H23N3S. The smallest absolute Gasteiger partial charge is 0.0863 e. The van der Waals surface area contributed by atoms with Gasteiger partial charge in [0, 0.05) is 23.0 Å². The van der Waals surface area contributed by atoms with E-state index >= 15 is 0 Å². The Bertz CT molecular complexity index is 547. The molecule has 0 saturated carbocycles. The summed E-state index contributed by atoms with van der Waals surface area (Å²) in [6.07, 6.45) is 8.40. The molecule has 1 unspecified atom stereocenters. The first-order chi connectivity index (χ1) is 9.78. The molecule has 2 heterocycles. The molecule has 0 spiro atoms. The molecule has 1 aliphatic rings. The molecule has 3 nitrogen and oxygen atoms in total. The second kappa shape index (κ2) is 6.10. The molecule has 1 atom stereocenters. The van der Waals surface area contributed by atoms with Gasteiger partial charge in [0.15, 0.2) is 0 Å². The highest BCUT2D eigenvalue weighted by Gasteiger charge is 2.21. The van der Waals surface area contributed by atoms with Gasteiger partial charge >= 0.3 is 0 Å². The van der Waals surface area contributed by atoms with E-state index in [0.717, 1.165) is 18.7 Å². The van der Waals surface area contributed by atoms with Crippen LogP contribution in [0.15, 0.2) is 18.3 Å². The van der Waals surface area contributed by atoms with Crippen LogP contribution >= 0.6 is 11.3 Å². The molecule has 0 radical (unpaired) electrons. The van der Waals surface area contributed by atoms with Crippen molar-refractivity contribution in [2.24, 2.45) is 7.05 Å². The van der Waals surface area contributed by atoms with Crippen LogP contribution in [0.2, 0.25) is 0 Å². The standard InChI is InChI=1S/C16H23N3S/c1-3-9-17-16(13-8-10-19(2)18-13)15-11-12-6-4-5-7-14(12)20-15/h8,10-11,16-17H,3-7,9H2,1-2H3. The zero-order valence-electron chi connectivity index (χ0n) is 12.4. The predicted molar refractivity (Wildman–Crippen MR) is 84.3 cm³/mol. The van der Waals surface area contributed by atoms with Crippen molar-refractivity contribution >= 4 is 11.3 Å². The minimum absolute atomic E-state index is 0.256. The molecule has 0 bridgehead atoms. The van der Waals surface area contributed by atoms with Crippen LogP contribution in [0.3, 0.4) is 0 Å². The molecule has 1 aliphatic carbocycles. The summed E-state index contributed by atoms with van der Waals surface area (Å²) in [6.45, 7) is 3.24. The first kappa shape index (κ1) is 13.8. The van der Waals surface area contributed by atoms with E-state index in [1.165, 1.54) is 30.6 Å². The van der Waals surface area contributed by atoms with Crippen LogP contribution in [0.25, 0.3) is 0 Å². The molecule has 3 rings (SSSR count). The van der Waals surface area contributed by atoms with E-state index in [-0.39, 0.29) is 6.04 Å². The Labute approximate surface area is 125 Å². The summed E-state index contributed by atoms with van der Waals surface area (Å²) < 4.78 is 1.89. The number of nitrogens with one attached hydrogen (secondary N) is 1. The van der Waals surface area contributed by atoms with Crippen LogP contribution in [0.4, 0.5) is 0 Å². The van der Waals surface area contributed by atoms with E-state index in [4.69, 9.17) is 0 Å². The van der Waals surface area contributed by atoms with E-state index in [2.05, 4.69) is 29.5 Å². The highest BCUT2D eigenvalue weighted by Crippen LogP contribution is 2.34. The van der Waals surface area contributed by atoms with Crippen LogP contribution in [-0.2, 0) is 19.9 Å². The zero-order valence-corrected chi connectivity index (χ0v) is 13.2. The lowest BCUT2D eigenvalue weighted by molar-refractivity contribution is 0.582. The van der Waals surface area contributed by atoms with Gasteiger partial charge in [-0.1, -0.05) is 6.92 Å². The Morgan fingerprint density at radius 1 is 1.40 bits per heavy atom. The number of rotatable bonds is 5. The highest BCUT2D eigenvalue weighted by atomic mass is 32.1. The van der Waals surface area contributed by atoms with Crippen LogP contribution in [0, 0.1) is 0 Å².